The average Bonchev–Trinajstić information content (AvgIpc) is 2.97. The molecule has 38 heavy (non-hydrogen) atoms. The maximum absolute atomic E-state index is 13.2. The third kappa shape index (κ3) is 4.13. The average molecular weight is 508 g/mol. The van der Waals surface area contributed by atoms with Crippen molar-refractivity contribution >= 4 is 61.5 Å². The number of fused-ring (bicyclic) bond motifs is 7. The number of urea groups is 1. The maximum Gasteiger partial charge on any atom is 0.321 e. The highest BCUT2D eigenvalue weighted by atomic mass is 16.2. The Balaban J connectivity index is 1.32. The number of aromatic nitrogens is 4. The Morgan fingerprint density at radius 3 is 2.24 bits per heavy atom. The molecule has 3 amide bonds. The standard InChI is InChI=1S/C29H29N7O2/c1-3-35(4-2)28(37)18-8-7-15-36(17-18)29(38)32-19-11-12-22-23(16-19)34-27-21-10-6-14-31-25(21)24-20(26(27)33-22)9-5-13-30-24/h5-6,9-14,16,18H,3-4,7-8,15,17H2,1-2H3,(H,32,38)/t18-/m1/s1. The molecule has 3 aromatic heterocycles. The number of amides is 3. The quantitative estimate of drug-likeness (QED) is 0.271. The minimum atomic E-state index is -0.207. The number of piperidine rings is 1. The lowest BCUT2D eigenvalue weighted by Crippen LogP contribution is -2.47. The molecule has 0 radical (unpaired) electrons. The predicted octanol–water partition coefficient (Wildman–Crippen LogP) is 4.99. The van der Waals surface area contributed by atoms with Gasteiger partial charge in [0.2, 0.25) is 5.91 Å². The largest absolute Gasteiger partial charge is 0.343 e. The molecule has 0 bridgehead atoms. The molecule has 2 aromatic carbocycles. The number of rotatable bonds is 4. The van der Waals surface area contributed by atoms with Crippen molar-refractivity contribution in [2.75, 3.05) is 31.5 Å². The van der Waals surface area contributed by atoms with Gasteiger partial charge >= 0.3 is 6.03 Å². The molecule has 0 aliphatic carbocycles. The number of benzene rings is 2. The summed E-state index contributed by atoms with van der Waals surface area (Å²) < 4.78 is 0. The van der Waals surface area contributed by atoms with Gasteiger partial charge in [-0.25, -0.2) is 14.8 Å². The third-order valence-electron chi connectivity index (χ3n) is 7.40. The molecule has 9 heteroatoms. The molecular weight excluding hydrogens is 478 g/mol. The van der Waals surface area contributed by atoms with E-state index >= 15 is 0 Å². The Kier molecular flexibility index (Phi) is 6.19. The highest BCUT2D eigenvalue weighted by Gasteiger charge is 2.30. The van der Waals surface area contributed by atoms with E-state index in [9.17, 15) is 9.59 Å². The Morgan fingerprint density at radius 1 is 0.921 bits per heavy atom. The van der Waals surface area contributed by atoms with Crippen LogP contribution in [0.5, 0.6) is 0 Å². The van der Waals surface area contributed by atoms with Crippen LogP contribution in [0.2, 0.25) is 0 Å². The van der Waals surface area contributed by atoms with Gasteiger partial charge in [-0.3, -0.25) is 14.8 Å². The van der Waals surface area contributed by atoms with Crippen LogP contribution in [0.3, 0.4) is 0 Å². The monoisotopic (exact) mass is 507 g/mol. The van der Waals surface area contributed by atoms with E-state index in [-0.39, 0.29) is 17.9 Å². The molecule has 1 atom stereocenters. The summed E-state index contributed by atoms with van der Waals surface area (Å²) in [5.74, 6) is -0.0285. The van der Waals surface area contributed by atoms with E-state index in [1.165, 1.54) is 0 Å². The number of likely N-dealkylation sites (tertiary alicyclic amines) is 1. The molecule has 4 heterocycles. The van der Waals surface area contributed by atoms with Crippen molar-refractivity contribution in [2.45, 2.75) is 26.7 Å². The van der Waals surface area contributed by atoms with Crippen LogP contribution in [0.15, 0.2) is 54.9 Å². The van der Waals surface area contributed by atoms with Crippen LogP contribution in [-0.2, 0) is 4.79 Å². The first kappa shape index (κ1) is 24.0. The van der Waals surface area contributed by atoms with Gasteiger partial charge in [0.15, 0.2) is 0 Å². The molecule has 9 nitrogen and oxygen atoms in total. The van der Waals surface area contributed by atoms with Crippen molar-refractivity contribution < 1.29 is 9.59 Å². The topological polar surface area (TPSA) is 104 Å². The van der Waals surface area contributed by atoms with E-state index in [2.05, 4.69) is 15.3 Å². The van der Waals surface area contributed by atoms with Crippen LogP contribution >= 0.6 is 0 Å². The van der Waals surface area contributed by atoms with Crippen molar-refractivity contribution in [2.24, 2.45) is 5.92 Å². The molecule has 192 valence electrons. The Labute approximate surface area is 219 Å². The third-order valence-corrected chi connectivity index (χ3v) is 7.40. The fraction of sp³-hybridized carbons (Fsp3) is 0.310. The van der Waals surface area contributed by atoms with Gasteiger partial charge in [0.05, 0.1) is 39.0 Å². The molecule has 1 fully saturated rings. The Bertz CT molecular complexity index is 1700. The second-order valence-corrected chi connectivity index (χ2v) is 9.65. The molecule has 0 unspecified atom stereocenters. The zero-order chi connectivity index (χ0) is 26.2. The van der Waals surface area contributed by atoms with Crippen molar-refractivity contribution in [3.63, 3.8) is 0 Å². The van der Waals surface area contributed by atoms with Crippen LogP contribution < -0.4 is 5.32 Å². The van der Waals surface area contributed by atoms with Crippen LogP contribution in [0, 0.1) is 5.92 Å². The van der Waals surface area contributed by atoms with E-state index in [0.717, 1.165) is 51.2 Å². The summed E-state index contributed by atoms with van der Waals surface area (Å²) in [5, 5.41) is 4.79. The molecule has 1 aliphatic heterocycles. The lowest BCUT2D eigenvalue weighted by molar-refractivity contribution is -0.136. The first-order valence-electron chi connectivity index (χ1n) is 13.1. The van der Waals surface area contributed by atoms with Crippen molar-refractivity contribution in [1.82, 2.24) is 29.7 Å². The summed E-state index contributed by atoms with van der Waals surface area (Å²) in [6, 6.07) is 13.1. The van der Waals surface area contributed by atoms with Gasteiger partial charge in [-0.1, -0.05) is 0 Å². The summed E-state index contributed by atoms with van der Waals surface area (Å²) in [4.78, 5) is 48.6. The molecule has 0 saturated carbocycles. The number of carbonyl (C=O) groups is 2. The first-order chi connectivity index (χ1) is 18.6. The molecular formula is C29H29N7O2. The summed E-state index contributed by atoms with van der Waals surface area (Å²) in [6.07, 6.45) is 5.13. The van der Waals surface area contributed by atoms with Gasteiger partial charge < -0.3 is 15.1 Å². The Morgan fingerprint density at radius 2 is 1.58 bits per heavy atom. The van der Waals surface area contributed by atoms with Gasteiger partial charge in [0, 0.05) is 55.0 Å². The molecule has 1 N–H and O–H groups in total. The number of pyridine rings is 2. The lowest BCUT2D eigenvalue weighted by Gasteiger charge is -2.34. The number of hydrogen-bond acceptors (Lipinski definition) is 6. The summed E-state index contributed by atoms with van der Waals surface area (Å²) in [6.45, 7) is 6.40. The van der Waals surface area contributed by atoms with Gasteiger partial charge in [0.25, 0.3) is 0 Å². The van der Waals surface area contributed by atoms with Gasteiger partial charge in [-0.15, -0.1) is 0 Å². The highest BCUT2D eigenvalue weighted by molar-refractivity contribution is 6.21. The van der Waals surface area contributed by atoms with Gasteiger partial charge in [0.1, 0.15) is 0 Å². The van der Waals surface area contributed by atoms with Crippen molar-refractivity contribution in [3.05, 3.63) is 54.9 Å². The lowest BCUT2D eigenvalue weighted by atomic mass is 9.96. The second kappa shape index (κ2) is 9.81. The number of nitrogens with one attached hydrogen (secondary N) is 1. The zero-order valence-corrected chi connectivity index (χ0v) is 21.5. The normalized spacial score (nSPS) is 15.8. The van der Waals surface area contributed by atoms with E-state index in [0.29, 0.717) is 37.4 Å². The van der Waals surface area contributed by atoms with Crippen LogP contribution in [0.25, 0.3) is 43.9 Å². The maximum atomic E-state index is 13.2. The minimum absolute atomic E-state index is 0.129. The van der Waals surface area contributed by atoms with Gasteiger partial charge in [-0.05, 0) is 69.2 Å². The van der Waals surface area contributed by atoms with Crippen LogP contribution in [-0.4, -0.2) is 67.9 Å². The smallest absolute Gasteiger partial charge is 0.321 e. The van der Waals surface area contributed by atoms with Crippen molar-refractivity contribution in [1.29, 1.82) is 0 Å². The van der Waals surface area contributed by atoms with E-state index in [1.807, 2.05) is 61.2 Å². The molecule has 0 spiro atoms. The van der Waals surface area contributed by atoms with Crippen LogP contribution in [0.4, 0.5) is 10.5 Å². The molecule has 6 rings (SSSR count). The minimum Gasteiger partial charge on any atom is -0.343 e. The number of hydrogen-bond donors (Lipinski definition) is 1. The fourth-order valence-electron chi connectivity index (χ4n) is 5.44. The molecule has 5 aromatic rings. The van der Waals surface area contributed by atoms with E-state index in [1.54, 1.807) is 17.3 Å². The summed E-state index contributed by atoms with van der Waals surface area (Å²) >= 11 is 0. The van der Waals surface area contributed by atoms with E-state index in [4.69, 9.17) is 9.97 Å². The summed E-state index contributed by atoms with van der Waals surface area (Å²) in [7, 11) is 0. The predicted molar refractivity (Wildman–Crippen MR) is 149 cm³/mol. The first-order valence-corrected chi connectivity index (χ1v) is 13.1. The number of nitrogens with zero attached hydrogens (tertiary/aromatic N) is 6. The fourth-order valence-corrected chi connectivity index (χ4v) is 5.44. The number of carbonyl (C=O) groups excluding carboxylic acids is 2. The second-order valence-electron chi connectivity index (χ2n) is 9.65. The Hall–Kier alpha value is -4.40. The van der Waals surface area contributed by atoms with Gasteiger partial charge in [-0.2, -0.15) is 0 Å². The summed E-state index contributed by atoms with van der Waals surface area (Å²) in [5.41, 5.74) is 5.15. The molecule has 1 aliphatic rings. The SMILES string of the molecule is CCN(CC)C(=O)[C@@H]1CCCN(C(=O)Nc2ccc3nc4c5cccnc5c5ncccc5c4nc3c2)C1. The number of anilines is 1. The van der Waals surface area contributed by atoms with Crippen LogP contribution in [0.1, 0.15) is 26.7 Å². The van der Waals surface area contributed by atoms with E-state index < -0.39 is 0 Å². The highest BCUT2D eigenvalue weighted by Crippen LogP contribution is 2.32. The molecule has 1 saturated heterocycles. The zero-order valence-electron chi connectivity index (χ0n) is 21.5. The van der Waals surface area contributed by atoms with Crippen molar-refractivity contribution in [3.8, 4) is 0 Å².